The summed E-state index contributed by atoms with van der Waals surface area (Å²) in [5.74, 6) is -0.746. The van der Waals surface area contributed by atoms with E-state index < -0.39 is 5.97 Å². The first-order valence-electron chi connectivity index (χ1n) is 5.33. The first-order valence-corrected chi connectivity index (χ1v) is 6.09. The van der Waals surface area contributed by atoms with E-state index in [1.165, 1.54) is 12.3 Å². The van der Waals surface area contributed by atoms with Crippen LogP contribution < -0.4 is 4.74 Å². The van der Waals surface area contributed by atoms with Crippen molar-refractivity contribution in [3.05, 3.63) is 57.8 Å². The monoisotopic (exact) mass is 297 g/mol. The fraction of sp³-hybridized carbons (Fsp3) is 0.0769. The van der Waals surface area contributed by atoms with Gasteiger partial charge >= 0.3 is 5.97 Å². The maximum absolute atomic E-state index is 11.0. The van der Waals surface area contributed by atoms with Crippen LogP contribution in [0.15, 0.2) is 36.5 Å². The summed E-state index contributed by atoms with van der Waals surface area (Å²) >= 11 is 11.9. The minimum Gasteiger partial charge on any atom is -0.484 e. The van der Waals surface area contributed by atoms with Crippen LogP contribution in [0.3, 0.4) is 0 Å². The van der Waals surface area contributed by atoms with Crippen LogP contribution in [0.2, 0.25) is 10.0 Å². The maximum Gasteiger partial charge on any atom is 0.337 e. The largest absolute Gasteiger partial charge is 0.484 e. The fourth-order valence-corrected chi connectivity index (χ4v) is 2.02. The first-order chi connectivity index (χ1) is 9.09. The number of benzene rings is 1. The quantitative estimate of drug-likeness (QED) is 0.935. The van der Waals surface area contributed by atoms with Crippen molar-refractivity contribution in [1.82, 2.24) is 4.98 Å². The third-order valence-corrected chi connectivity index (χ3v) is 2.99. The standard InChI is InChI=1S/C13H9Cl2NO3/c14-9-4-1-5-10(15)12(9)19-7-11-8(13(17)18)3-2-6-16-11/h1-6H,7H2,(H,17,18). The van der Waals surface area contributed by atoms with Gasteiger partial charge in [-0.25, -0.2) is 4.79 Å². The van der Waals surface area contributed by atoms with Gasteiger partial charge in [0.1, 0.15) is 6.61 Å². The molecule has 0 amide bonds. The van der Waals surface area contributed by atoms with Crippen LogP contribution in [0.25, 0.3) is 0 Å². The summed E-state index contributed by atoms with van der Waals surface area (Å²) < 4.78 is 5.45. The number of hydrogen-bond donors (Lipinski definition) is 1. The van der Waals surface area contributed by atoms with Crippen molar-refractivity contribution in [3.8, 4) is 5.75 Å². The lowest BCUT2D eigenvalue weighted by Crippen LogP contribution is -2.07. The van der Waals surface area contributed by atoms with Gasteiger partial charge in [0.25, 0.3) is 0 Å². The molecule has 1 aromatic carbocycles. The lowest BCUT2D eigenvalue weighted by molar-refractivity contribution is 0.0693. The highest BCUT2D eigenvalue weighted by Gasteiger charge is 2.13. The lowest BCUT2D eigenvalue weighted by atomic mass is 10.2. The molecule has 0 spiro atoms. The van der Waals surface area contributed by atoms with E-state index in [-0.39, 0.29) is 12.2 Å². The minimum atomic E-state index is -1.06. The zero-order valence-corrected chi connectivity index (χ0v) is 11.1. The van der Waals surface area contributed by atoms with Crippen LogP contribution in [0, 0.1) is 0 Å². The third kappa shape index (κ3) is 3.16. The molecule has 0 aliphatic heterocycles. The topological polar surface area (TPSA) is 59.4 Å². The van der Waals surface area contributed by atoms with E-state index in [0.717, 1.165) is 0 Å². The van der Waals surface area contributed by atoms with Gasteiger partial charge in [0.2, 0.25) is 0 Å². The summed E-state index contributed by atoms with van der Waals surface area (Å²) in [5, 5.41) is 9.75. The average molecular weight is 298 g/mol. The molecule has 0 aliphatic rings. The predicted octanol–water partition coefficient (Wildman–Crippen LogP) is 3.67. The summed E-state index contributed by atoms with van der Waals surface area (Å²) in [6.07, 6.45) is 1.50. The molecule has 0 saturated carbocycles. The SMILES string of the molecule is O=C(O)c1cccnc1COc1c(Cl)cccc1Cl. The first kappa shape index (κ1) is 13.6. The second-order valence-electron chi connectivity index (χ2n) is 3.64. The van der Waals surface area contributed by atoms with Crippen molar-refractivity contribution in [3.63, 3.8) is 0 Å². The van der Waals surface area contributed by atoms with Crippen LogP contribution in [0.4, 0.5) is 0 Å². The molecule has 6 heteroatoms. The summed E-state index contributed by atoms with van der Waals surface area (Å²) in [6.45, 7) is -0.0219. The number of aromatic carboxylic acids is 1. The van der Waals surface area contributed by atoms with Gasteiger partial charge < -0.3 is 9.84 Å². The molecule has 1 N–H and O–H groups in total. The van der Waals surface area contributed by atoms with Crippen LogP contribution in [0.5, 0.6) is 5.75 Å². The van der Waals surface area contributed by atoms with Crippen LogP contribution in [0.1, 0.15) is 16.1 Å². The van der Waals surface area contributed by atoms with Crippen LogP contribution >= 0.6 is 23.2 Å². The van der Waals surface area contributed by atoms with Crippen molar-refractivity contribution >= 4 is 29.2 Å². The van der Waals surface area contributed by atoms with Gasteiger partial charge in [-0.2, -0.15) is 0 Å². The molecule has 2 aromatic rings. The zero-order valence-electron chi connectivity index (χ0n) is 9.64. The molecule has 0 aliphatic carbocycles. The highest BCUT2D eigenvalue weighted by Crippen LogP contribution is 2.32. The number of hydrogen-bond acceptors (Lipinski definition) is 3. The average Bonchev–Trinajstić information content (AvgIpc) is 2.38. The Balaban J connectivity index is 2.22. The Morgan fingerprint density at radius 1 is 1.21 bits per heavy atom. The van der Waals surface area contributed by atoms with E-state index >= 15 is 0 Å². The molecule has 0 bridgehead atoms. The van der Waals surface area contributed by atoms with Crippen LogP contribution in [-0.4, -0.2) is 16.1 Å². The van der Waals surface area contributed by atoms with Crippen molar-refractivity contribution in [1.29, 1.82) is 0 Å². The van der Waals surface area contributed by atoms with Gasteiger partial charge in [-0.15, -0.1) is 0 Å². The summed E-state index contributed by atoms with van der Waals surface area (Å²) in [6, 6.07) is 7.98. The van der Waals surface area contributed by atoms with E-state index in [1.54, 1.807) is 24.3 Å². The van der Waals surface area contributed by atoms with Crippen molar-refractivity contribution < 1.29 is 14.6 Å². The van der Waals surface area contributed by atoms with Crippen molar-refractivity contribution in [2.24, 2.45) is 0 Å². The number of carboxylic acids is 1. The number of carboxylic acid groups (broad SMARTS) is 1. The smallest absolute Gasteiger partial charge is 0.337 e. The predicted molar refractivity (Wildman–Crippen MR) is 72.0 cm³/mol. The molecular weight excluding hydrogens is 289 g/mol. The van der Waals surface area contributed by atoms with Gasteiger partial charge in [0, 0.05) is 6.20 Å². The molecule has 98 valence electrons. The second-order valence-corrected chi connectivity index (χ2v) is 4.46. The minimum absolute atomic E-state index is 0.0219. The van der Waals surface area contributed by atoms with Crippen molar-refractivity contribution in [2.75, 3.05) is 0 Å². The highest BCUT2D eigenvalue weighted by molar-refractivity contribution is 6.37. The molecule has 19 heavy (non-hydrogen) atoms. The lowest BCUT2D eigenvalue weighted by Gasteiger charge is -2.10. The maximum atomic E-state index is 11.0. The molecule has 1 aromatic heterocycles. The number of rotatable bonds is 4. The number of aromatic nitrogens is 1. The summed E-state index contributed by atoms with van der Waals surface area (Å²) in [4.78, 5) is 15.0. The van der Waals surface area contributed by atoms with E-state index in [4.69, 9.17) is 33.0 Å². The number of halogens is 2. The Kier molecular flexibility index (Phi) is 4.24. The van der Waals surface area contributed by atoms with Gasteiger partial charge in [-0.05, 0) is 24.3 Å². The molecule has 0 atom stereocenters. The second kappa shape index (κ2) is 5.91. The van der Waals surface area contributed by atoms with Crippen molar-refractivity contribution in [2.45, 2.75) is 6.61 Å². The van der Waals surface area contributed by atoms with E-state index in [9.17, 15) is 4.79 Å². The molecule has 0 unspecified atom stereocenters. The van der Waals surface area contributed by atoms with Gasteiger partial charge in [0.05, 0.1) is 21.3 Å². The van der Waals surface area contributed by atoms with Gasteiger partial charge in [-0.3, -0.25) is 4.98 Å². The molecule has 4 nitrogen and oxygen atoms in total. The van der Waals surface area contributed by atoms with Crippen LogP contribution in [-0.2, 0) is 6.61 Å². The number of para-hydroxylation sites is 1. The Labute approximate surface area is 119 Å². The molecule has 1 heterocycles. The molecular formula is C13H9Cl2NO3. The van der Waals surface area contributed by atoms with Gasteiger partial charge in [-0.1, -0.05) is 29.3 Å². The number of carbonyl (C=O) groups is 1. The Morgan fingerprint density at radius 2 is 1.89 bits per heavy atom. The zero-order chi connectivity index (χ0) is 13.8. The molecule has 0 radical (unpaired) electrons. The summed E-state index contributed by atoms with van der Waals surface area (Å²) in [5.41, 5.74) is 0.400. The Hall–Kier alpha value is -1.78. The van der Waals surface area contributed by atoms with E-state index in [0.29, 0.717) is 21.5 Å². The normalized spacial score (nSPS) is 10.2. The number of ether oxygens (including phenoxy) is 1. The summed E-state index contributed by atoms with van der Waals surface area (Å²) in [7, 11) is 0. The van der Waals surface area contributed by atoms with Gasteiger partial charge in [0.15, 0.2) is 5.75 Å². The fourth-order valence-electron chi connectivity index (χ4n) is 1.51. The molecule has 0 saturated heterocycles. The molecule has 2 rings (SSSR count). The van der Waals surface area contributed by atoms with E-state index in [1.807, 2.05) is 0 Å². The highest BCUT2D eigenvalue weighted by atomic mass is 35.5. The Morgan fingerprint density at radius 3 is 2.53 bits per heavy atom. The third-order valence-electron chi connectivity index (χ3n) is 2.39. The van der Waals surface area contributed by atoms with E-state index in [2.05, 4.69) is 4.98 Å². The Bertz CT molecular complexity index is 596. The molecule has 0 fully saturated rings. The number of nitrogens with zero attached hydrogens (tertiary/aromatic N) is 1. The number of pyridine rings is 1.